The zero-order valence-electron chi connectivity index (χ0n) is 14.7. The Morgan fingerprint density at radius 1 is 1.15 bits per heavy atom. The molecule has 3 amide bonds. The van der Waals surface area contributed by atoms with Gasteiger partial charge in [0, 0.05) is 29.4 Å². The van der Waals surface area contributed by atoms with Crippen molar-refractivity contribution in [1.82, 2.24) is 10.3 Å². The summed E-state index contributed by atoms with van der Waals surface area (Å²) in [6, 6.07) is 14.2. The van der Waals surface area contributed by atoms with E-state index in [1.165, 1.54) is 0 Å². The minimum absolute atomic E-state index is 0.107. The number of ether oxygens (including phenoxy) is 1. The molecule has 1 fully saturated rings. The molecule has 7 nitrogen and oxygen atoms in total. The highest BCUT2D eigenvalue weighted by Crippen LogP contribution is 2.24. The molecule has 0 bridgehead atoms. The SMILES string of the molecule is NNC(=O)c1ccc(CN(C(=O)N2CCOCC2)c2ccccc2)c(Cl)c1. The highest BCUT2D eigenvalue weighted by atomic mass is 35.5. The van der Waals surface area contributed by atoms with Crippen LogP contribution in [0.2, 0.25) is 5.02 Å². The van der Waals surface area contributed by atoms with Crippen LogP contribution in [-0.2, 0) is 11.3 Å². The van der Waals surface area contributed by atoms with Gasteiger partial charge in [-0.15, -0.1) is 0 Å². The lowest BCUT2D eigenvalue weighted by Crippen LogP contribution is -2.48. The zero-order chi connectivity index (χ0) is 19.2. The van der Waals surface area contributed by atoms with Crippen LogP contribution in [0, 0.1) is 0 Å². The van der Waals surface area contributed by atoms with E-state index >= 15 is 0 Å². The number of morpholine rings is 1. The molecule has 0 saturated carbocycles. The summed E-state index contributed by atoms with van der Waals surface area (Å²) in [6.07, 6.45) is 0. The average molecular weight is 389 g/mol. The Labute approximate surface area is 162 Å². The van der Waals surface area contributed by atoms with Crippen LogP contribution >= 0.6 is 11.6 Å². The predicted octanol–water partition coefficient (Wildman–Crippen LogP) is 2.40. The summed E-state index contributed by atoms with van der Waals surface area (Å²) < 4.78 is 5.34. The highest BCUT2D eigenvalue weighted by Gasteiger charge is 2.25. The number of benzene rings is 2. The van der Waals surface area contributed by atoms with Gasteiger partial charge < -0.3 is 9.64 Å². The number of amides is 3. The average Bonchev–Trinajstić information content (AvgIpc) is 2.73. The summed E-state index contributed by atoms with van der Waals surface area (Å²) in [4.78, 5) is 28.2. The Morgan fingerprint density at radius 2 is 1.85 bits per heavy atom. The third-order valence-electron chi connectivity index (χ3n) is 4.36. The number of hydrogen-bond acceptors (Lipinski definition) is 4. The molecule has 0 atom stereocenters. The normalized spacial score (nSPS) is 13.9. The molecule has 0 unspecified atom stereocenters. The topological polar surface area (TPSA) is 87.9 Å². The van der Waals surface area contributed by atoms with Crippen molar-refractivity contribution >= 4 is 29.2 Å². The van der Waals surface area contributed by atoms with Gasteiger partial charge >= 0.3 is 6.03 Å². The van der Waals surface area contributed by atoms with Gasteiger partial charge in [0.2, 0.25) is 0 Å². The van der Waals surface area contributed by atoms with Gasteiger partial charge in [0.15, 0.2) is 0 Å². The second-order valence-corrected chi connectivity index (χ2v) is 6.49. The van der Waals surface area contributed by atoms with Crippen LogP contribution in [-0.4, -0.2) is 43.1 Å². The molecule has 27 heavy (non-hydrogen) atoms. The van der Waals surface area contributed by atoms with E-state index in [4.69, 9.17) is 22.2 Å². The third kappa shape index (κ3) is 4.57. The van der Waals surface area contributed by atoms with Crippen molar-refractivity contribution in [3.05, 3.63) is 64.7 Å². The second kappa shape index (κ2) is 8.85. The predicted molar refractivity (Wildman–Crippen MR) is 104 cm³/mol. The Balaban J connectivity index is 1.87. The highest BCUT2D eigenvalue weighted by molar-refractivity contribution is 6.31. The standard InChI is InChI=1S/C19H21ClN4O3/c20-17-12-14(18(25)22-21)6-7-15(17)13-24(16-4-2-1-3-5-16)19(26)23-8-10-27-11-9-23/h1-7,12H,8-11,13,21H2,(H,22,25). The van der Waals surface area contributed by atoms with Crippen molar-refractivity contribution in [1.29, 1.82) is 0 Å². The van der Waals surface area contributed by atoms with Crippen LogP contribution in [0.15, 0.2) is 48.5 Å². The first kappa shape index (κ1) is 19.2. The molecule has 1 saturated heterocycles. The van der Waals surface area contributed by atoms with E-state index in [1.807, 2.05) is 30.3 Å². The fraction of sp³-hybridized carbons (Fsp3) is 0.263. The van der Waals surface area contributed by atoms with E-state index in [9.17, 15) is 9.59 Å². The number of halogens is 1. The number of nitrogens with two attached hydrogens (primary N) is 1. The monoisotopic (exact) mass is 388 g/mol. The first-order chi connectivity index (χ1) is 13.1. The molecular weight excluding hydrogens is 368 g/mol. The van der Waals surface area contributed by atoms with Gasteiger partial charge in [0.05, 0.1) is 19.8 Å². The minimum atomic E-state index is -0.423. The maximum Gasteiger partial charge on any atom is 0.324 e. The van der Waals surface area contributed by atoms with Crippen molar-refractivity contribution < 1.29 is 14.3 Å². The van der Waals surface area contributed by atoms with Gasteiger partial charge in [-0.2, -0.15) is 0 Å². The van der Waals surface area contributed by atoms with E-state index in [0.717, 1.165) is 11.3 Å². The van der Waals surface area contributed by atoms with Crippen LogP contribution in [0.1, 0.15) is 15.9 Å². The number of urea groups is 1. The van der Waals surface area contributed by atoms with Crippen molar-refractivity contribution in [2.75, 3.05) is 31.2 Å². The van der Waals surface area contributed by atoms with Gasteiger partial charge in [-0.1, -0.05) is 35.9 Å². The van der Waals surface area contributed by atoms with Crippen molar-refractivity contribution in [3.8, 4) is 0 Å². The Morgan fingerprint density at radius 3 is 2.48 bits per heavy atom. The van der Waals surface area contributed by atoms with Crippen LogP contribution in [0.3, 0.4) is 0 Å². The largest absolute Gasteiger partial charge is 0.378 e. The summed E-state index contributed by atoms with van der Waals surface area (Å²) in [7, 11) is 0. The van der Waals surface area contributed by atoms with E-state index in [-0.39, 0.29) is 12.6 Å². The molecule has 2 aromatic carbocycles. The fourth-order valence-electron chi connectivity index (χ4n) is 2.87. The van der Waals surface area contributed by atoms with Crippen molar-refractivity contribution in [3.63, 3.8) is 0 Å². The number of hydrazine groups is 1. The lowest BCUT2D eigenvalue weighted by atomic mass is 10.1. The molecule has 3 rings (SSSR count). The van der Waals surface area contributed by atoms with Gasteiger partial charge in [-0.25, -0.2) is 10.6 Å². The number of para-hydroxylation sites is 1. The third-order valence-corrected chi connectivity index (χ3v) is 4.71. The van der Waals surface area contributed by atoms with Crippen LogP contribution in [0.4, 0.5) is 10.5 Å². The molecule has 1 aliphatic heterocycles. The van der Waals surface area contributed by atoms with E-state index < -0.39 is 5.91 Å². The molecule has 0 spiro atoms. The lowest BCUT2D eigenvalue weighted by Gasteiger charge is -2.33. The molecule has 0 radical (unpaired) electrons. The maximum absolute atomic E-state index is 13.1. The number of rotatable bonds is 4. The summed E-state index contributed by atoms with van der Waals surface area (Å²) in [5, 5.41) is 0.395. The summed E-state index contributed by atoms with van der Waals surface area (Å²) >= 11 is 6.36. The smallest absolute Gasteiger partial charge is 0.324 e. The molecule has 1 heterocycles. The summed E-state index contributed by atoms with van der Waals surface area (Å²) in [5.41, 5.74) is 3.94. The van der Waals surface area contributed by atoms with Gasteiger partial charge in [-0.3, -0.25) is 15.1 Å². The number of hydrogen-bond donors (Lipinski definition) is 2. The minimum Gasteiger partial charge on any atom is -0.378 e. The van der Waals surface area contributed by atoms with Gasteiger partial charge in [0.25, 0.3) is 5.91 Å². The number of nitrogen functional groups attached to an aromatic ring is 1. The molecular formula is C19H21ClN4O3. The number of nitrogens with one attached hydrogen (secondary N) is 1. The van der Waals surface area contributed by atoms with Crippen molar-refractivity contribution in [2.24, 2.45) is 5.84 Å². The second-order valence-electron chi connectivity index (χ2n) is 6.08. The van der Waals surface area contributed by atoms with Crippen LogP contribution in [0.25, 0.3) is 0 Å². The van der Waals surface area contributed by atoms with Gasteiger partial charge in [0.1, 0.15) is 0 Å². The first-order valence-electron chi connectivity index (χ1n) is 8.59. The molecule has 8 heteroatoms. The van der Waals surface area contributed by atoms with E-state index in [0.29, 0.717) is 36.9 Å². The Kier molecular flexibility index (Phi) is 6.28. The molecule has 142 valence electrons. The Hall–Kier alpha value is -2.61. The van der Waals surface area contributed by atoms with E-state index in [1.54, 1.807) is 28.0 Å². The van der Waals surface area contributed by atoms with Gasteiger partial charge in [-0.05, 0) is 29.8 Å². The van der Waals surface area contributed by atoms with Crippen LogP contribution < -0.4 is 16.2 Å². The molecule has 2 aromatic rings. The summed E-state index contributed by atoms with van der Waals surface area (Å²) in [5.74, 6) is 4.74. The quantitative estimate of drug-likeness (QED) is 0.478. The maximum atomic E-state index is 13.1. The lowest BCUT2D eigenvalue weighted by molar-refractivity contribution is 0.0548. The van der Waals surface area contributed by atoms with Crippen molar-refractivity contribution in [2.45, 2.75) is 6.54 Å². The molecule has 1 aliphatic rings. The summed E-state index contributed by atoms with van der Waals surface area (Å²) in [6.45, 7) is 2.43. The molecule has 3 N–H and O–H groups in total. The Bertz CT molecular complexity index is 810. The zero-order valence-corrected chi connectivity index (χ0v) is 15.5. The van der Waals surface area contributed by atoms with E-state index in [2.05, 4.69) is 5.43 Å². The number of carbonyl (C=O) groups is 2. The molecule has 0 aliphatic carbocycles. The first-order valence-corrected chi connectivity index (χ1v) is 8.96. The fourth-order valence-corrected chi connectivity index (χ4v) is 3.11. The van der Waals surface area contributed by atoms with Crippen LogP contribution in [0.5, 0.6) is 0 Å². The molecule has 0 aromatic heterocycles. The number of nitrogens with zero attached hydrogens (tertiary/aromatic N) is 2. The number of anilines is 1. The number of carbonyl (C=O) groups excluding carboxylic acids is 2.